The van der Waals surface area contributed by atoms with Crippen molar-refractivity contribution < 1.29 is 13.9 Å². The number of hydrogen-bond acceptors (Lipinski definition) is 6. The minimum Gasteiger partial charge on any atom is -0.497 e. The summed E-state index contributed by atoms with van der Waals surface area (Å²) in [7, 11) is 1.65. The number of carbonyl (C=O) groups is 1. The monoisotopic (exact) mass is 432 g/mol. The summed E-state index contributed by atoms with van der Waals surface area (Å²) in [6, 6.07) is 8.03. The van der Waals surface area contributed by atoms with Gasteiger partial charge in [-0.25, -0.2) is 4.68 Å². The highest BCUT2D eigenvalue weighted by Crippen LogP contribution is 2.19. The molecule has 1 unspecified atom stereocenters. The topological polar surface area (TPSA) is 72.5 Å². The Morgan fingerprint density at radius 3 is 2.53 bits per heavy atom. The van der Waals surface area contributed by atoms with Crippen LogP contribution in [0.4, 0.5) is 0 Å². The van der Waals surface area contributed by atoms with E-state index in [1.54, 1.807) is 11.8 Å². The standard InChI is InChI=1S/C22H32N4O3S/c1-15(2)16(3)23-21(27)18-9-11-25(12-10-18)14-26-22(30)29-20(24-26)13-17-5-7-19(28-4)8-6-17/h5-8,15-16,18H,9-14H2,1-4H3,(H,23,27). The third kappa shape index (κ3) is 5.92. The van der Waals surface area contributed by atoms with Crippen LogP contribution in [-0.4, -0.2) is 46.8 Å². The van der Waals surface area contributed by atoms with Gasteiger partial charge in [-0.1, -0.05) is 26.0 Å². The Labute approximate surface area is 183 Å². The van der Waals surface area contributed by atoms with Crippen molar-refractivity contribution >= 4 is 18.1 Å². The van der Waals surface area contributed by atoms with Crippen LogP contribution in [0.5, 0.6) is 5.75 Å². The van der Waals surface area contributed by atoms with Crippen LogP contribution in [0, 0.1) is 16.7 Å². The van der Waals surface area contributed by atoms with Gasteiger partial charge in [-0.15, -0.1) is 5.10 Å². The molecule has 1 fully saturated rings. The fourth-order valence-electron chi connectivity index (χ4n) is 3.46. The van der Waals surface area contributed by atoms with E-state index in [9.17, 15) is 4.79 Å². The number of nitrogens with one attached hydrogen (secondary N) is 1. The summed E-state index contributed by atoms with van der Waals surface area (Å²) in [4.78, 5) is 15.1. The van der Waals surface area contributed by atoms with Crippen molar-refractivity contribution in [3.63, 3.8) is 0 Å². The van der Waals surface area contributed by atoms with Crippen LogP contribution in [-0.2, 0) is 17.9 Å². The number of methoxy groups -OCH3 is 1. The quantitative estimate of drug-likeness (QED) is 0.642. The summed E-state index contributed by atoms with van der Waals surface area (Å²) in [6.07, 6.45) is 2.28. The molecule has 1 aromatic heterocycles. The molecule has 7 nitrogen and oxygen atoms in total. The molecule has 1 amide bonds. The molecular formula is C22H32N4O3S. The Morgan fingerprint density at radius 2 is 1.93 bits per heavy atom. The number of aromatic nitrogens is 2. The Kier molecular flexibility index (Phi) is 7.66. The second-order valence-corrected chi connectivity index (χ2v) is 8.71. The molecular weight excluding hydrogens is 400 g/mol. The zero-order valence-corrected chi connectivity index (χ0v) is 19.1. The van der Waals surface area contributed by atoms with Gasteiger partial charge in [0.05, 0.1) is 20.2 Å². The van der Waals surface area contributed by atoms with Crippen LogP contribution in [0.3, 0.4) is 0 Å². The highest BCUT2D eigenvalue weighted by molar-refractivity contribution is 7.71. The largest absolute Gasteiger partial charge is 0.497 e. The molecule has 1 aromatic carbocycles. The van der Waals surface area contributed by atoms with E-state index in [4.69, 9.17) is 21.4 Å². The molecule has 3 rings (SSSR count). The van der Waals surface area contributed by atoms with Crippen molar-refractivity contribution in [1.29, 1.82) is 0 Å². The molecule has 0 aliphatic carbocycles. The van der Waals surface area contributed by atoms with Gasteiger partial charge in [0, 0.05) is 25.0 Å². The Bertz CT molecular complexity index is 883. The van der Waals surface area contributed by atoms with E-state index < -0.39 is 0 Å². The van der Waals surface area contributed by atoms with Crippen molar-refractivity contribution in [1.82, 2.24) is 20.0 Å². The van der Waals surface area contributed by atoms with Crippen LogP contribution < -0.4 is 10.1 Å². The van der Waals surface area contributed by atoms with Crippen LogP contribution in [0.25, 0.3) is 0 Å². The van der Waals surface area contributed by atoms with E-state index in [1.165, 1.54) is 0 Å². The molecule has 2 aromatic rings. The number of ether oxygens (including phenoxy) is 1. The highest BCUT2D eigenvalue weighted by atomic mass is 32.1. The molecule has 0 bridgehead atoms. The second kappa shape index (κ2) is 10.2. The number of nitrogens with zero attached hydrogens (tertiary/aromatic N) is 3. The first-order valence-corrected chi connectivity index (χ1v) is 11.0. The van der Waals surface area contributed by atoms with Crippen molar-refractivity contribution in [3.05, 3.63) is 40.6 Å². The third-order valence-corrected chi connectivity index (χ3v) is 6.12. The Balaban J connectivity index is 1.51. The van der Waals surface area contributed by atoms with Crippen molar-refractivity contribution in [2.24, 2.45) is 11.8 Å². The van der Waals surface area contributed by atoms with Gasteiger partial charge in [0.2, 0.25) is 11.8 Å². The molecule has 0 radical (unpaired) electrons. The maximum absolute atomic E-state index is 12.5. The minimum atomic E-state index is 0.0818. The molecule has 2 heterocycles. The number of amides is 1. The minimum absolute atomic E-state index is 0.0818. The predicted octanol–water partition coefficient (Wildman–Crippen LogP) is 3.64. The van der Waals surface area contributed by atoms with E-state index in [1.807, 2.05) is 24.3 Å². The van der Waals surface area contributed by atoms with Crippen molar-refractivity contribution in [3.8, 4) is 5.75 Å². The number of benzene rings is 1. The lowest BCUT2D eigenvalue weighted by atomic mass is 9.95. The van der Waals surface area contributed by atoms with Crippen LogP contribution >= 0.6 is 12.2 Å². The van der Waals surface area contributed by atoms with E-state index in [0.717, 1.165) is 37.2 Å². The summed E-state index contributed by atoms with van der Waals surface area (Å²) >= 11 is 5.36. The van der Waals surface area contributed by atoms with Gasteiger partial charge >= 0.3 is 0 Å². The average molecular weight is 433 g/mol. The molecule has 1 aliphatic rings. The van der Waals surface area contributed by atoms with Gasteiger partial charge in [0.15, 0.2) is 0 Å². The van der Waals surface area contributed by atoms with Gasteiger partial charge in [-0.2, -0.15) is 0 Å². The van der Waals surface area contributed by atoms with Crippen molar-refractivity contribution in [2.75, 3.05) is 20.2 Å². The van der Waals surface area contributed by atoms with Gasteiger partial charge < -0.3 is 14.5 Å². The first kappa shape index (κ1) is 22.5. The zero-order valence-electron chi connectivity index (χ0n) is 18.3. The molecule has 1 N–H and O–H groups in total. The van der Waals surface area contributed by atoms with Gasteiger partial charge in [-0.05, 0) is 55.6 Å². The summed E-state index contributed by atoms with van der Waals surface area (Å²) < 4.78 is 12.6. The molecule has 0 saturated carbocycles. The molecule has 8 heteroatoms. The lowest BCUT2D eigenvalue weighted by Gasteiger charge is -2.31. The molecule has 30 heavy (non-hydrogen) atoms. The number of piperidine rings is 1. The second-order valence-electron chi connectivity index (χ2n) is 8.36. The molecule has 1 saturated heterocycles. The fourth-order valence-corrected chi connectivity index (χ4v) is 3.66. The van der Waals surface area contributed by atoms with Gasteiger partial charge in [0.1, 0.15) is 5.75 Å². The van der Waals surface area contributed by atoms with Crippen LogP contribution in [0.2, 0.25) is 0 Å². The smallest absolute Gasteiger partial charge is 0.288 e. The van der Waals surface area contributed by atoms with E-state index in [-0.39, 0.29) is 17.9 Å². The summed E-state index contributed by atoms with van der Waals surface area (Å²) in [6.45, 7) is 8.58. The third-order valence-electron chi connectivity index (χ3n) is 5.82. The maximum Gasteiger partial charge on any atom is 0.288 e. The van der Waals surface area contributed by atoms with Crippen molar-refractivity contribution in [2.45, 2.75) is 52.7 Å². The lowest BCUT2D eigenvalue weighted by Crippen LogP contribution is -2.44. The lowest BCUT2D eigenvalue weighted by molar-refractivity contribution is -0.127. The first-order valence-electron chi connectivity index (χ1n) is 10.6. The number of likely N-dealkylation sites (tertiary alicyclic amines) is 1. The predicted molar refractivity (Wildman–Crippen MR) is 118 cm³/mol. The summed E-state index contributed by atoms with van der Waals surface area (Å²) in [5.41, 5.74) is 1.08. The molecule has 0 spiro atoms. The highest BCUT2D eigenvalue weighted by Gasteiger charge is 2.26. The van der Waals surface area contributed by atoms with E-state index in [0.29, 0.717) is 29.7 Å². The molecule has 1 aliphatic heterocycles. The zero-order chi connectivity index (χ0) is 21.7. The molecule has 164 valence electrons. The summed E-state index contributed by atoms with van der Waals surface area (Å²) in [5, 5.41) is 7.69. The van der Waals surface area contributed by atoms with E-state index in [2.05, 4.69) is 36.1 Å². The van der Waals surface area contributed by atoms with Gasteiger partial charge in [-0.3, -0.25) is 9.69 Å². The van der Waals surface area contributed by atoms with Gasteiger partial charge in [0.25, 0.3) is 4.84 Å². The fraction of sp³-hybridized carbons (Fsp3) is 0.591. The Hall–Kier alpha value is -2.19. The van der Waals surface area contributed by atoms with Crippen LogP contribution in [0.15, 0.2) is 28.7 Å². The first-order chi connectivity index (χ1) is 14.4. The number of carbonyl (C=O) groups excluding carboxylic acids is 1. The summed E-state index contributed by atoms with van der Waals surface area (Å²) in [5.74, 6) is 2.12. The van der Waals surface area contributed by atoms with Crippen LogP contribution in [0.1, 0.15) is 45.1 Å². The average Bonchev–Trinajstić information content (AvgIpc) is 3.07. The number of hydrogen-bond donors (Lipinski definition) is 1. The Morgan fingerprint density at radius 1 is 1.27 bits per heavy atom. The molecule has 1 atom stereocenters. The maximum atomic E-state index is 12.5. The normalized spacial score (nSPS) is 16.6. The number of rotatable bonds is 8. The van der Waals surface area contributed by atoms with E-state index >= 15 is 0 Å². The SMILES string of the molecule is COc1ccc(Cc2nn(CN3CCC(C(=O)NC(C)C(C)C)CC3)c(=S)o2)cc1.